The van der Waals surface area contributed by atoms with Gasteiger partial charge in [0.25, 0.3) is 0 Å². The standard InChI is InChI=1S/C17H25NO3/c1-12(2)14(10-13-8-6-5-7-9-13)15(19)18-11-17(3,4)16(20)21/h5-9,12,14H,10-11H2,1-4H3,(H,18,19)(H,20,21). The van der Waals surface area contributed by atoms with E-state index in [1.54, 1.807) is 13.8 Å². The Morgan fingerprint density at radius 1 is 1.19 bits per heavy atom. The summed E-state index contributed by atoms with van der Waals surface area (Å²) >= 11 is 0. The van der Waals surface area contributed by atoms with Crippen LogP contribution < -0.4 is 5.32 Å². The molecule has 1 amide bonds. The van der Waals surface area contributed by atoms with Crippen molar-refractivity contribution in [3.8, 4) is 0 Å². The van der Waals surface area contributed by atoms with Gasteiger partial charge in [-0.15, -0.1) is 0 Å². The van der Waals surface area contributed by atoms with E-state index in [0.717, 1.165) is 5.56 Å². The molecule has 0 saturated carbocycles. The molecule has 116 valence electrons. The summed E-state index contributed by atoms with van der Waals surface area (Å²) in [5, 5.41) is 11.9. The zero-order valence-corrected chi connectivity index (χ0v) is 13.2. The number of hydrogen-bond acceptors (Lipinski definition) is 2. The first-order valence-electron chi connectivity index (χ1n) is 7.29. The second-order valence-electron chi connectivity index (χ2n) is 6.45. The van der Waals surface area contributed by atoms with E-state index >= 15 is 0 Å². The monoisotopic (exact) mass is 291 g/mol. The number of rotatable bonds is 7. The maximum absolute atomic E-state index is 12.4. The van der Waals surface area contributed by atoms with Crippen LogP contribution in [-0.4, -0.2) is 23.5 Å². The van der Waals surface area contributed by atoms with Crippen molar-refractivity contribution in [3.05, 3.63) is 35.9 Å². The van der Waals surface area contributed by atoms with Gasteiger partial charge in [-0.2, -0.15) is 0 Å². The lowest BCUT2D eigenvalue weighted by Gasteiger charge is -2.24. The molecule has 0 spiro atoms. The van der Waals surface area contributed by atoms with Gasteiger partial charge in [0.2, 0.25) is 5.91 Å². The Kier molecular flexibility index (Phi) is 5.94. The lowest BCUT2D eigenvalue weighted by molar-refractivity contribution is -0.146. The summed E-state index contributed by atoms with van der Waals surface area (Å²) in [6, 6.07) is 9.87. The van der Waals surface area contributed by atoms with Crippen LogP contribution >= 0.6 is 0 Å². The second kappa shape index (κ2) is 7.25. The largest absolute Gasteiger partial charge is 0.481 e. The number of carbonyl (C=O) groups excluding carboxylic acids is 1. The Hall–Kier alpha value is -1.84. The number of benzene rings is 1. The smallest absolute Gasteiger partial charge is 0.310 e. The van der Waals surface area contributed by atoms with E-state index in [-0.39, 0.29) is 24.3 Å². The van der Waals surface area contributed by atoms with E-state index in [4.69, 9.17) is 5.11 Å². The van der Waals surface area contributed by atoms with Gasteiger partial charge in [0.05, 0.1) is 5.41 Å². The predicted molar refractivity (Wildman–Crippen MR) is 82.9 cm³/mol. The molecule has 0 aliphatic heterocycles. The van der Waals surface area contributed by atoms with Crippen LogP contribution in [0.25, 0.3) is 0 Å². The Bertz CT molecular complexity index is 480. The van der Waals surface area contributed by atoms with Crippen LogP contribution in [-0.2, 0) is 16.0 Å². The first kappa shape index (κ1) is 17.2. The SMILES string of the molecule is CC(C)C(Cc1ccccc1)C(=O)NCC(C)(C)C(=O)O. The summed E-state index contributed by atoms with van der Waals surface area (Å²) in [4.78, 5) is 23.4. The van der Waals surface area contributed by atoms with Gasteiger partial charge < -0.3 is 10.4 Å². The van der Waals surface area contributed by atoms with Crippen molar-refractivity contribution in [2.75, 3.05) is 6.54 Å². The topological polar surface area (TPSA) is 66.4 Å². The first-order valence-corrected chi connectivity index (χ1v) is 7.29. The fourth-order valence-corrected chi connectivity index (χ4v) is 2.01. The average molecular weight is 291 g/mol. The van der Waals surface area contributed by atoms with Crippen molar-refractivity contribution in [1.82, 2.24) is 5.32 Å². The van der Waals surface area contributed by atoms with Gasteiger partial charge in [0, 0.05) is 12.5 Å². The van der Waals surface area contributed by atoms with Crippen molar-refractivity contribution in [1.29, 1.82) is 0 Å². The zero-order chi connectivity index (χ0) is 16.0. The van der Waals surface area contributed by atoms with Gasteiger partial charge in [-0.05, 0) is 31.7 Å². The maximum Gasteiger partial charge on any atom is 0.310 e. The average Bonchev–Trinajstić information content (AvgIpc) is 2.43. The summed E-state index contributed by atoms with van der Waals surface area (Å²) in [7, 11) is 0. The number of carbonyl (C=O) groups is 2. The fraction of sp³-hybridized carbons (Fsp3) is 0.529. The van der Waals surface area contributed by atoms with Crippen LogP contribution in [0.1, 0.15) is 33.3 Å². The molecule has 0 fully saturated rings. The quantitative estimate of drug-likeness (QED) is 0.811. The normalized spacial score (nSPS) is 13.0. The molecule has 1 atom stereocenters. The van der Waals surface area contributed by atoms with Crippen LogP contribution in [0.15, 0.2) is 30.3 Å². The van der Waals surface area contributed by atoms with Gasteiger partial charge in [0.1, 0.15) is 0 Å². The minimum Gasteiger partial charge on any atom is -0.481 e. The Morgan fingerprint density at radius 3 is 2.24 bits per heavy atom. The highest BCUT2D eigenvalue weighted by molar-refractivity contribution is 5.80. The minimum absolute atomic E-state index is 0.0804. The third kappa shape index (κ3) is 5.21. The highest BCUT2D eigenvalue weighted by atomic mass is 16.4. The summed E-state index contributed by atoms with van der Waals surface area (Å²) in [5.74, 6) is -0.953. The van der Waals surface area contributed by atoms with E-state index in [1.165, 1.54) is 0 Å². The zero-order valence-electron chi connectivity index (χ0n) is 13.2. The molecule has 0 heterocycles. The number of carboxylic acid groups (broad SMARTS) is 1. The second-order valence-corrected chi connectivity index (χ2v) is 6.45. The Balaban J connectivity index is 2.69. The molecule has 0 radical (unpaired) electrons. The number of nitrogens with one attached hydrogen (secondary N) is 1. The van der Waals surface area contributed by atoms with Crippen LogP contribution in [0.2, 0.25) is 0 Å². The van der Waals surface area contributed by atoms with E-state index in [2.05, 4.69) is 5.32 Å². The van der Waals surface area contributed by atoms with E-state index < -0.39 is 11.4 Å². The highest BCUT2D eigenvalue weighted by Gasteiger charge is 2.29. The fourth-order valence-electron chi connectivity index (χ4n) is 2.01. The van der Waals surface area contributed by atoms with Crippen LogP contribution in [0, 0.1) is 17.3 Å². The third-order valence-corrected chi connectivity index (χ3v) is 3.72. The van der Waals surface area contributed by atoms with Crippen molar-refractivity contribution in [2.24, 2.45) is 17.3 Å². The molecular weight excluding hydrogens is 266 g/mol. The molecule has 4 heteroatoms. The first-order chi connectivity index (χ1) is 9.74. The third-order valence-electron chi connectivity index (χ3n) is 3.72. The Morgan fingerprint density at radius 2 is 1.76 bits per heavy atom. The lowest BCUT2D eigenvalue weighted by Crippen LogP contribution is -2.42. The summed E-state index contributed by atoms with van der Waals surface area (Å²) in [5.41, 5.74) is 0.160. The summed E-state index contributed by atoms with van der Waals surface area (Å²) < 4.78 is 0. The number of amides is 1. The Labute approximate surface area is 126 Å². The van der Waals surface area contributed by atoms with Gasteiger partial charge in [-0.3, -0.25) is 9.59 Å². The molecule has 2 N–H and O–H groups in total. The van der Waals surface area contributed by atoms with Crippen molar-refractivity contribution >= 4 is 11.9 Å². The van der Waals surface area contributed by atoms with Gasteiger partial charge >= 0.3 is 5.97 Å². The van der Waals surface area contributed by atoms with E-state index in [9.17, 15) is 9.59 Å². The molecule has 0 aromatic heterocycles. The molecule has 0 bridgehead atoms. The molecule has 0 aliphatic rings. The highest BCUT2D eigenvalue weighted by Crippen LogP contribution is 2.19. The molecule has 4 nitrogen and oxygen atoms in total. The molecule has 1 rings (SSSR count). The summed E-state index contributed by atoms with van der Waals surface area (Å²) in [6.07, 6.45) is 0.665. The molecule has 0 aliphatic carbocycles. The molecule has 1 aromatic carbocycles. The van der Waals surface area contributed by atoms with Crippen LogP contribution in [0.4, 0.5) is 0 Å². The molecule has 21 heavy (non-hydrogen) atoms. The van der Waals surface area contributed by atoms with Crippen molar-refractivity contribution in [3.63, 3.8) is 0 Å². The number of hydrogen-bond donors (Lipinski definition) is 2. The summed E-state index contributed by atoms with van der Waals surface area (Å²) in [6.45, 7) is 7.37. The molecule has 1 aromatic rings. The van der Waals surface area contributed by atoms with E-state index in [0.29, 0.717) is 6.42 Å². The lowest BCUT2D eigenvalue weighted by atomic mass is 9.87. The van der Waals surface area contributed by atoms with Gasteiger partial charge in [-0.1, -0.05) is 44.2 Å². The molecule has 1 unspecified atom stereocenters. The van der Waals surface area contributed by atoms with Crippen molar-refractivity contribution < 1.29 is 14.7 Å². The van der Waals surface area contributed by atoms with Crippen LogP contribution in [0.3, 0.4) is 0 Å². The molecular formula is C17H25NO3. The van der Waals surface area contributed by atoms with Crippen LogP contribution in [0.5, 0.6) is 0 Å². The molecule has 0 saturated heterocycles. The number of aliphatic carboxylic acids is 1. The number of carboxylic acids is 1. The van der Waals surface area contributed by atoms with Crippen molar-refractivity contribution in [2.45, 2.75) is 34.1 Å². The predicted octanol–water partition coefficient (Wildman–Crippen LogP) is 2.73. The maximum atomic E-state index is 12.4. The van der Waals surface area contributed by atoms with Gasteiger partial charge in [0.15, 0.2) is 0 Å². The minimum atomic E-state index is -0.954. The van der Waals surface area contributed by atoms with E-state index in [1.807, 2.05) is 44.2 Å². The van der Waals surface area contributed by atoms with Gasteiger partial charge in [-0.25, -0.2) is 0 Å².